The van der Waals surface area contributed by atoms with Crippen LogP contribution in [0, 0.1) is 13.8 Å². The van der Waals surface area contributed by atoms with Gasteiger partial charge in [0.2, 0.25) is 0 Å². The molecule has 0 bridgehead atoms. The van der Waals surface area contributed by atoms with Crippen molar-refractivity contribution in [2.45, 2.75) is 33.1 Å². The first-order valence-corrected chi connectivity index (χ1v) is 7.05. The van der Waals surface area contributed by atoms with Crippen LogP contribution < -0.4 is 5.56 Å². The largest absolute Gasteiger partial charge is 0.481 e. The number of carboxylic acids is 1. The van der Waals surface area contributed by atoms with Crippen LogP contribution in [0.5, 0.6) is 0 Å². The number of rotatable bonds is 5. The van der Waals surface area contributed by atoms with Crippen molar-refractivity contribution >= 4 is 17.3 Å². The molecule has 0 radical (unpaired) electrons. The van der Waals surface area contributed by atoms with Crippen molar-refractivity contribution < 1.29 is 9.90 Å². The third-order valence-corrected chi connectivity index (χ3v) is 3.70. The number of aromatic amines is 1. The molecule has 106 valence electrons. The molecule has 2 heterocycles. The highest BCUT2D eigenvalue weighted by atomic mass is 32.1. The summed E-state index contributed by atoms with van der Waals surface area (Å²) in [6, 6.07) is 0. The number of aliphatic carboxylic acids is 1. The number of aromatic nitrogens is 3. The van der Waals surface area contributed by atoms with E-state index in [2.05, 4.69) is 15.0 Å². The Balaban J connectivity index is 2.21. The highest BCUT2D eigenvalue weighted by molar-refractivity contribution is 7.09. The summed E-state index contributed by atoms with van der Waals surface area (Å²) in [6.07, 6.45) is 0.593. The molecule has 0 saturated carbocycles. The van der Waals surface area contributed by atoms with Gasteiger partial charge in [0.05, 0.1) is 10.7 Å². The molecule has 0 spiro atoms. The van der Waals surface area contributed by atoms with E-state index >= 15 is 0 Å². The van der Waals surface area contributed by atoms with Crippen molar-refractivity contribution in [3.8, 4) is 0 Å². The quantitative estimate of drug-likeness (QED) is 0.870. The minimum atomic E-state index is -0.925. The van der Waals surface area contributed by atoms with Crippen molar-refractivity contribution in [2.24, 2.45) is 0 Å². The monoisotopic (exact) mass is 293 g/mol. The van der Waals surface area contributed by atoms with E-state index < -0.39 is 5.97 Å². The molecule has 0 aromatic carbocycles. The normalized spacial score (nSPS) is 10.7. The Bertz CT molecular complexity index is 690. The zero-order chi connectivity index (χ0) is 14.7. The van der Waals surface area contributed by atoms with E-state index in [9.17, 15) is 9.59 Å². The first kappa shape index (κ1) is 14.4. The second-order valence-electron chi connectivity index (χ2n) is 4.50. The van der Waals surface area contributed by atoms with E-state index in [1.165, 1.54) is 0 Å². The van der Waals surface area contributed by atoms with Crippen LogP contribution in [0.3, 0.4) is 0 Å². The number of nitrogens with one attached hydrogen (secondary N) is 1. The molecule has 6 nitrogen and oxygen atoms in total. The van der Waals surface area contributed by atoms with Gasteiger partial charge in [-0.15, -0.1) is 11.3 Å². The SMILES string of the molecule is Cc1nc(Cc2nc(C)c(CCC(=O)O)c(=O)[nH]2)cs1. The van der Waals surface area contributed by atoms with Crippen LogP contribution in [0.1, 0.15) is 34.2 Å². The number of carboxylic acid groups (broad SMARTS) is 1. The number of thiazole rings is 1. The van der Waals surface area contributed by atoms with E-state index in [1.807, 2.05) is 12.3 Å². The van der Waals surface area contributed by atoms with Gasteiger partial charge in [0, 0.05) is 29.5 Å². The second-order valence-corrected chi connectivity index (χ2v) is 5.57. The Morgan fingerprint density at radius 3 is 2.70 bits per heavy atom. The smallest absolute Gasteiger partial charge is 0.303 e. The summed E-state index contributed by atoms with van der Waals surface area (Å²) in [4.78, 5) is 33.9. The zero-order valence-corrected chi connectivity index (χ0v) is 12.1. The third-order valence-electron chi connectivity index (χ3n) is 2.88. The maximum absolute atomic E-state index is 12.0. The molecule has 2 aromatic rings. The van der Waals surface area contributed by atoms with Crippen molar-refractivity contribution in [1.29, 1.82) is 0 Å². The lowest BCUT2D eigenvalue weighted by Gasteiger charge is -2.05. The Morgan fingerprint density at radius 2 is 2.15 bits per heavy atom. The Labute approximate surface area is 119 Å². The lowest BCUT2D eigenvalue weighted by Crippen LogP contribution is -2.20. The number of hydrogen-bond donors (Lipinski definition) is 2. The van der Waals surface area contributed by atoms with Crippen LogP contribution in [-0.4, -0.2) is 26.0 Å². The second kappa shape index (κ2) is 5.96. The van der Waals surface area contributed by atoms with Gasteiger partial charge in [0.25, 0.3) is 5.56 Å². The summed E-state index contributed by atoms with van der Waals surface area (Å²) < 4.78 is 0. The summed E-state index contributed by atoms with van der Waals surface area (Å²) in [6.45, 7) is 3.65. The van der Waals surface area contributed by atoms with Gasteiger partial charge in [0.15, 0.2) is 0 Å². The van der Waals surface area contributed by atoms with E-state index in [-0.39, 0.29) is 18.4 Å². The van der Waals surface area contributed by atoms with Crippen LogP contribution in [0.2, 0.25) is 0 Å². The molecule has 0 unspecified atom stereocenters. The summed E-state index contributed by atoms with van der Waals surface area (Å²) in [7, 11) is 0. The molecular formula is C13H15N3O3S. The van der Waals surface area contributed by atoms with Gasteiger partial charge in [-0.05, 0) is 20.3 Å². The molecule has 2 N–H and O–H groups in total. The first-order chi connectivity index (χ1) is 9.45. The molecule has 0 atom stereocenters. The van der Waals surface area contributed by atoms with Crippen LogP contribution in [0.15, 0.2) is 10.2 Å². The molecule has 0 saturated heterocycles. The first-order valence-electron chi connectivity index (χ1n) is 6.17. The number of hydrogen-bond acceptors (Lipinski definition) is 5. The van der Waals surface area contributed by atoms with Crippen LogP contribution in [0.4, 0.5) is 0 Å². The molecular weight excluding hydrogens is 278 g/mol. The topological polar surface area (TPSA) is 95.9 Å². The minimum Gasteiger partial charge on any atom is -0.481 e. The van der Waals surface area contributed by atoms with Crippen LogP contribution >= 0.6 is 11.3 Å². The molecule has 0 aliphatic heterocycles. The molecule has 7 heteroatoms. The van der Waals surface area contributed by atoms with Gasteiger partial charge in [-0.1, -0.05) is 0 Å². The zero-order valence-electron chi connectivity index (χ0n) is 11.3. The number of nitrogens with zero attached hydrogens (tertiary/aromatic N) is 2. The highest BCUT2D eigenvalue weighted by Crippen LogP contribution is 2.11. The lowest BCUT2D eigenvalue weighted by atomic mass is 10.1. The standard InChI is InChI=1S/C13H15N3O3S/c1-7-10(3-4-12(17)18)13(19)16-11(14-7)5-9-6-20-8(2)15-9/h6H,3-5H2,1-2H3,(H,17,18)(H,14,16,19). The maximum Gasteiger partial charge on any atom is 0.303 e. The third kappa shape index (κ3) is 3.51. The Kier molecular flexibility index (Phi) is 4.29. The average Bonchev–Trinajstić information content (AvgIpc) is 2.73. The molecule has 2 aromatic heterocycles. The number of aryl methyl sites for hydroxylation is 2. The fourth-order valence-corrected chi connectivity index (χ4v) is 2.55. The van der Waals surface area contributed by atoms with E-state index in [0.29, 0.717) is 23.5 Å². The molecule has 0 fully saturated rings. The summed E-state index contributed by atoms with van der Waals surface area (Å²) in [5.41, 5.74) is 1.62. The van der Waals surface area contributed by atoms with Gasteiger partial charge >= 0.3 is 5.97 Å². The lowest BCUT2D eigenvalue weighted by molar-refractivity contribution is -0.136. The van der Waals surface area contributed by atoms with Crippen molar-refractivity contribution in [3.05, 3.63) is 43.5 Å². The maximum atomic E-state index is 12.0. The molecule has 2 rings (SSSR count). The molecule has 0 amide bonds. The Morgan fingerprint density at radius 1 is 1.40 bits per heavy atom. The van der Waals surface area contributed by atoms with Crippen LogP contribution in [0.25, 0.3) is 0 Å². The van der Waals surface area contributed by atoms with Crippen molar-refractivity contribution in [1.82, 2.24) is 15.0 Å². The van der Waals surface area contributed by atoms with Gasteiger partial charge in [-0.25, -0.2) is 9.97 Å². The average molecular weight is 293 g/mol. The summed E-state index contributed by atoms with van der Waals surface area (Å²) in [5.74, 6) is -0.373. The van der Waals surface area contributed by atoms with E-state index in [1.54, 1.807) is 18.3 Å². The summed E-state index contributed by atoms with van der Waals surface area (Å²) >= 11 is 1.55. The number of carbonyl (C=O) groups is 1. The molecule has 0 aliphatic carbocycles. The van der Waals surface area contributed by atoms with Crippen molar-refractivity contribution in [3.63, 3.8) is 0 Å². The van der Waals surface area contributed by atoms with Crippen molar-refractivity contribution in [2.75, 3.05) is 0 Å². The van der Waals surface area contributed by atoms with Gasteiger partial charge in [-0.3, -0.25) is 9.59 Å². The van der Waals surface area contributed by atoms with E-state index in [4.69, 9.17) is 5.11 Å². The van der Waals surface area contributed by atoms with Crippen LogP contribution in [-0.2, 0) is 17.6 Å². The number of H-pyrrole nitrogens is 1. The predicted molar refractivity (Wildman–Crippen MR) is 75.2 cm³/mol. The fourth-order valence-electron chi connectivity index (χ4n) is 1.94. The highest BCUT2D eigenvalue weighted by Gasteiger charge is 2.11. The summed E-state index contributed by atoms with van der Waals surface area (Å²) in [5, 5.41) is 11.6. The molecule has 0 aliphatic rings. The van der Waals surface area contributed by atoms with E-state index in [0.717, 1.165) is 10.7 Å². The molecule has 20 heavy (non-hydrogen) atoms. The van der Waals surface area contributed by atoms with Gasteiger partial charge < -0.3 is 10.1 Å². The minimum absolute atomic E-state index is 0.0732. The fraction of sp³-hybridized carbons (Fsp3) is 0.385. The Hall–Kier alpha value is -2.02. The van der Waals surface area contributed by atoms with Gasteiger partial charge in [0.1, 0.15) is 5.82 Å². The predicted octanol–water partition coefficient (Wildman–Crippen LogP) is 1.45. The van der Waals surface area contributed by atoms with Gasteiger partial charge in [-0.2, -0.15) is 0 Å².